The lowest BCUT2D eigenvalue weighted by Crippen LogP contribution is -2.29. The number of hydrogen-bond donors (Lipinski definition) is 2. The van der Waals surface area contributed by atoms with Gasteiger partial charge in [0.2, 0.25) is 17.6 Å². The standard InChI is InChI=1S/C20H23FN2O5/c1-26-16-10-14(11-17(27-2)20(16)28-3)23-19(25)12-18(24)22-9-8-13-6-4-5-7-15(13)21/h4-7,10-11H,8-9,12H2,1-3H3,(H,22,24)(H,23,25). The van der Waals surface area contributed by atoms with Crippen molar-refractivity contribution in [3.63, 3.8) is 0 Å². The van der Waals surface area contributed by atoms with Gasteiger partial charge in [0, 0.05) is 24.4 Å². The number of benzene rings is 2. The topological polar surface area (TPSA) is 85.9 Å². The summed E-state index contributed by atoms with van der Waals surface area (Å²) in [6.45, 7) is 0.233. The summed E-state index contributed by atoms with van der Waals surface area (Å²) in [5.74, 6) is -0.122. The minimum Gasteiger partial charge on any atom is -0.493 e. The first-order valence-electron chi connectivity index (χ1n) is 8.58. The van der Waals surface area contributed by atoms with Gasteiger partial charge in [-0.3, -0.25) is 9.59 Å². The Morgan fingerprint density at radius 1 is 0.964 bits per heavy atom. The van der Waals surface area contributed by atoms with E-state index >= 15 is 0 Å². The van der Waals surface area contributed by atoms with Crippen molar-refractivity contribution in [2.45, 2.75) is 12.8 Å². The number of ether oxygens (including phenoxy) is 3. The zero-order valence-corrected chi connectivity index (χ0v) is 16.0. The van der Waals surface area contributed by atoms with Gasteiger partial charge in [-0.05, 0) is 18.1 Å². The Labute approximate surface area is 162 Å². The molecule has 0 aliphatic rings. The second-order valence-electron chi connectivity index (χ2n) is 5.83. The molecule has 150 valence electrons. The smallest absolute Gasteiger partial charge is 0.233 e. The van der Waals surface area contributed by atoms with Crippen molar-refractivity contribution in [2.75, 3.05) is 33.2 Å². The highest BCUT2D eigenvalue weighted by Gasteiger charge is 2.16. The number of hydrogen-bond acceptors (Lipinski definition) is 5. The molecule has 0 aliphatic heterocycles. The predicted molar refractivity (Wildman–Crippen MR) is 102 cm³/mol. The Kier molecular flexibility index (Phi) is 7.62. The average molecular weight is 390 g/mol. The van der Waals surface area contributed by atoms with Crippen LogP contribution in [0.4, 0.5) is 10.1 Å². The third-order valence-electron chi connectivity index (χ3n) is 3.94. The summed E-state index contributed by atoms with van der Waals surface area (Å²) in [6, 6.07) is 9.47. The molecule has 2 aromatic rings. The zero-order chi connectivity index (χ0) is 20.5. The van der Waals surface area contributed by atoms with Crippen LogP contribution in [0.25, 0.3) is 0 Å². The lowest BCUT2D eigenvalue weighted by atomic mass is 10.1. The van der Waals surface area contributed by atoms with Crippen LogP contribution in [0, 0.1) is 5.82 Å². The van der Waals surface area contributed by atoms with Gasteiger partial charge in [0.25, 0.3) is 0 Å². The van der Waals surface area contributed by atoms with Crippen molar-refractivity contribution in [3.8, 4) is 17.2 Å². The Morgan fingerprint density at radius 3 is 2.18 bits per heavy atom. The maximum Gasteiger partial charge on any atom is 0.233 e. The van der Waals surface area contributed by atoms with E-state index in [2.05, 4.69) is 10.6 Å². The Balaban J connectivity index is 1.89. The number of methoxy groups -OCH3 is 3. The monoisotopic (exact) mass is 390 g/mol. The van der Waals surface area contributed by atoms with Crippen LogP contribution in [0.1, 0.15) is 12.0 Å². The molecule has 0 saturated heterocycles. The molecule has 0 atom stereocenters. The molecule has 28 heavy (non-hydrogen) atoms. The summed E-state index contributed by atoms with van der Waals surface area (Å²) >= 11 is 0. The van der Waals surface area contributed by atoms with E-state index < -0.39 is 11.8 Å². The first kappa shape index (κ1) is 21.0. The molecule has 0 saturated carbocycles. The molecule has 0 bridgehead atoms. The number of nitrogens with one attached hydrogen (secondary N) is 2. The normalized spacial score (nSPS) is 10.1. The van der Waals surface area contributed by atoms with E-state index in [1.54, 1.807) is 30.3 Å². The summed E-state index contributed by atoms with van der Waals surface area (Å²) < 4.78 is 29.2. The highest BCUT2D eigenvalue weighted by atomic mass is 19.1. The molecule has 0 aromatic heterocycles. The van der Waals surface area contributed by atoms with Crippen LogP contribution in [0.15, 0.2) is 36.4 Å². The summed E-state index contributed by atoms with van der Waals surface area (Å²) in [5, 5.41) is 5.22. The zero-order valence-electron chi connectivity index (χ0n) is 16.0. The molecule has 0 fully saturated rings. The SMILES string of the molecule is COc1cc(NC(=O)CC(=O)NCCc2ccccc2F)cc(OC)c1OC. The Hall–Kier alpha value is -3.29. The van der Waals surface area contributed by atoms with Crippen molar-refractivity contribution in [1.29, 1.82) is 0 Å². The quantitative estimate of drug-likeness (QED) is 0.643. The summed E-state index contributed by atoms with van der Waals surface area (Å²) in [5.41, 5.74) is 0.906. The molecule has 0 unspecified atom stereocenters. The fourth-order valence-corrected chi connectivity index (χ4v) is 2.60. The van der Waals surface area contributed by atoms with Gasteiger partial charge < -0.3 is 24.8 Å². The fourth-order valence-electron chi connectivity index (χ4n) is 2.60. The molecule has 8 heteroatoms. The maximum absolute atomic E-state index is 13.5. The van der Waals surface area contributed by atoms with E-state index in [0.717, 1.165) is 0 Å². The molecule has 0 heterocycles. The van der Waals surface area contributed by atoms with Gasteiger partial charge in [-0.15, -0.1) is 0 Å². The lowest BCUT2D eigenvalue weighted by Gasteiger charge is -2.14. The first-order chi connectivity index (χ1) is 13.5. The molecule has 0 aliphatic carbocycles. The average Bonchev–Trinajstić information content (AvgIpc) is 2.68. The van der Waals surface area contributed by atoms with E-state index in [-0.39, 0.29) is 18.8 Å². The van der Waals surface area contributed by atoms with Crippen molar-refractivity contribution >= 4 is 17.5 Å². The fraction of sp³-hybridized carbons (Fsp3) is 0.300. The minimum atomic E-state index is -0.502. The molecule has 2 amide bonds. The molecule has 7 nitrogen and oxygen atoms in total. The van der Waals surface area contributed by atoms with Gasteiger partial charge in [0.1, 0.15) is 12.2 Å². The van der Waals surface area contributed by atoms with Crippen molar-refractivity contribution in [2.24, 2.45) is 0 Å². The van der Waals surface area contributed by atoms with Gasteiger partial charge in [-0.25, -0.2) is 4.39 Å². The van der Waals surface area contributed by atoms with Crippen LogP contribution in [-0.4, -0.2) is 39.7 Å². The van der Waals surface area contributed by atoms with E-state index in [9.17, 15) is 14.0 Å². The molecule has 2 rings (SSSR count). The molecular weight excluding hydrogens is 367 g/mol. The third kappa shape index (κ3) is 5.60. The van der Waals surface area contributed by atoms with Crippen molar-refractivity contribution in [3.05, 3.63) is 47.8 Å². The predicted octanol–water partition coefficient (Wildman–Crippen LogP) is 2.54. The number of rotatable bonds is 9. The third-order valence-corrected chi connectivity index (χ3v) is 3.94. The van der Waals surface area contributed by atoms with Gasteiger partial charge in [-0.1, -0.05) is 18.2 Å². The summed E-state index contributed by atoms with van der Waals surface area (Å²) in [7, 11) is 4.40. The lowest BCUT2D eigenvalue weighted by molar-refractivity contribution is -0.126. The van der Waals surface area contributed by atoms with E-state index in [1.807, 2.05) is 0 Å². The second kappa shape index (κ2) is 10.1. The van der Waals surface area contributed by atoms with Crippen LogP contribution >= 0.6 is 0 Å². The first-order valence-corrected chi connectivity index (χ1v) is 8.58. The van der Waals surface area contributed by atoms with Crippen LogP contribution in [0.3, 0.4) is 0 Å². The van der Waals surface area contributed by atoms with Gasteiger partial charge >= 0.3 is 0 Å². The van der Waals surface area contributed by atoms with Crippen LogP contribution in [-0.2, 0) is 16.0 Å². The van der Waals surface area contributed by atoms with Crippen molar-refractivity contribution < 1.29 is 28.2 Å². The second-order valence-corrected chi connectivity index (χ2v) is 5.83. The van der Waals surface area contributed by atoms with Crippen LogP contribution in [0.5, 0.6) is 17.2 Å². The number of carbonyl (C=O) groups excluding carboxylic acids is 2. The van der Waals surface area contributed by atoms with Crippen molar-refractivity contribution in [1.82, 2.24) is 5.32 Å². The van der Waals surface area contributed by atoms with Gasteiger partial charge in [0.05, 0.1) is 21.3 Å². The maximum atomic E-state index is 13.5. The Morgan fingerprint density at radius 2 is 1.61 bits per heavy atom. The summed E-state index contributed by atoms with van der Waals surface area (Å²) in [6.07, 6.45) is -0.0269. The van der Waals surface area contributed by atoms with Crippen LogP contribution < -0.4 is 24.8 Å². The molecule has 0 radical (unpaired) electrons. The molecule has 0 spiro atoms. The minimum absolute atomic E-state index is 0.233. The number of carbonyl (C=O) groups is 2. The number of anilines is 1. The van der Waals surface area contributed by atoms with E-state index in [1.165, 1.54) is 27.4 Å². The molecule has 2 aromatic carbocycles. The van der Waals surface area contributed by atoms with Crippen LogP contribution in [0.2, 0.25) is 0 Å². The van der Waals surface area contributed by atoms with E-state index in [0.29, 0.717) is 34.9 Å². The van der Waals surface area contributed by atoms with Gasteiger partial charge in [-0.2, -0.15) is 0 Å². The Bertz CT molecular complexity index is 816. The molecule has 2 N–H and O–H groups in total. The molecular formula is C20H23FN2O5. The summed E-state index contributed by atoms with van der Waals surface area (Å²) in [4.78, 5) is 24.0. The number of halogens is 1. The largest absolute Gasteiger partial charge is 0.493 e. The highest BCUT2D eigenvalue weighted by Crippen LogP contribution is 2.39. The highest BCUT2D eigenvalue weighted by molar-refractivity contribution is 6.03. The number of amides is 2. The van der Waals surface area contributed by atoms with Gasteiger partial charge in [0.15, 0.2) is 11.5 Å². The van der Waals surface area contributed by atoms with E-state index in [4.69, 9.17) is 14.2 Å².